The molecule has 2 rings (SSSR count). The first-order valence-electron chi connectivity index (χ1n) is 9.18. The standard InChI is InChI=1S/C19H22ClN3O7S/c1-4-22(5-2)31(27,28)14-7-9-17(29-3)15(11-14)21-19(24)12-30-18-8-6-13(20)10-16(18)23(25)26/h6-11H,4-5,12H2,1-3H3,(H,21,24). The molecule has 0 aliphatic carbocycles. The molecule has 31 heavy (non-hydrogen) atoms. The van der Waals surface area contributed by atoms with E-state index in [4.69, 9.17) is 21.1 Å². The first kappa shape index (κ1) is 24.4. The monoisotopic (exact) mass is 471 g/mol. The molecular weight excluding hydrogens is 450 g/mol. The Labute approximate surface area is 184 Å². The van der Waals surface area contributed by atoms with Crippen molar-refractivity contribution in [2.45, 2.75) is 18.7 Å². The van der Waals surface area contributed by atoms with Gasteiger partial charge in [-0.05, 0) is 30.3 Å². The van der Waals surface area contributed by atoms with Crippen LogP contribution >= 0.6 is 11.6 Å². The summed E-state index contributed by atoms with van der Waals surface area (Å²) >= 11 is 5.75. The van der Waals surface area contributed by atoms with Crippen LogP contribution in [0.1, 0.15) is 13.8 Å². The van der Waals surface area contributed by atoms with E-state index in [1.54, 1.807) is 13.8 Å². The fraction of sp³-hybridized carbons (Fsp3) is 0.316. The summed E-state index contributed by atoms with van der Waals surface area (Å²) in [6.07, 6.45) is 0. The number of methoxy groups -OCH3 is 1. The molecule has 12 heteroatoms. The van der Waals surface area contributed by atoms with Crippen LogP contribution in [0.15, 0.2) is 41.3 Å². The van der Waals surface area contributed by atoms with E-state index < -0.39 is 27.5 Å². The zero-order valence-electron chi connectivity index (χ0n) is 17.1. The van der Waals surface area contributed by atoms with Crippen LogP contribution in [0.4, 0.5) is 11.4 Å². The second-order valence-corrected chi connectivity index (χ2v) is 8.53. The fourth-order valence-corrected chi connectivity index (χ4v) is 4.39. The Hall–Kier alpha value is -2.89. The maximum Gasteiger partial charge on any atom is 0.312 e. The van der Waals surface area contributed by atoms with Gasteiger partial charge >= 0.3 is 5.69 Å². The molecule has 0 saturated carbocycles. The Bertz CT molecular complexity index is 1070. The van der Waals surface area contributed by atoms with Gasteiger partial charge in [-0.2, -0.15) is 4.31 Å². The summed E-state index contributed by atoms with van der Waals surface area (Å²) in [4.78, 5) is 22.8. The zero-order chi connectivity index (χ0) is 23.2. The molecule has 0 unspecified atom stereocenters. The Morgan fingerprint density at radius 3 is 2.39 bits per heavy atom. The molecule has 1 amide bonds. The highest BCUT2D eigenvalue weighted by molar-refractivity contribution is 7.89. The topological polar surface area (TPSA) is 128 Å². The number of benzene rings is 2. The van der Waals surface area contributed by atoms with Crippen molar-refractivity contribution < 1.29 is 27.6 Å². The number of carbonyl (C=O) groups excluding carboxylic acids is 1. The van der Waals surface area contributed by atoms with Gasteiger partial charge in [0.25, 0.3) is 5.91 Å². The van der Waals surface area contributed by atoms with E-state index in [0.29, 0.717) is 13.1 Å². The van der Waals surface area contributed by atoms with Crippen molar-refractivity contribution in [1.82, 2.24) is 4.31 Å². The average molecular weight is 472 g/mol. The molecule has 0 atom stereocenters. The largest absolute Gasteiger partial charge is 0.495 e. The van der Waals surface area contributed by atoms with E-state index in [1.807, 2.05) is 0 Å². The van der Waals surface area contributed by atoms with Crippen LogP contribution < -0.4 is 14.8 Å². The molecule has 0 fully saturated rings. The molecule has 0 aromatic heterocycles. The third-order valence-electron chi connectivity index (χ3n) is 4.26. The SMILES string of the molecule is CCN(CC)S(=O)(=O)c1ccc(OC)c(NC(=O)COc2ccc(Cl)cc2[N+](=O)[O-])c1. The highest BCUT2D eigenvalue weighted by Gasteiger charge is 2.23. The molecule has 0 radical (unpaired) electrons. The predicted octanol–water partition coefficient (Wildman–Crippen LogP) is 3.30. The maximum absolute atomic E-state index is 12.7. The van der Waals surface area contributed by atoms with Gasteiger partial charge in [-0.3, -0.25) is 14.9 Å². The zero-order valence-corrected chi connectivity index (χ0v) is 18.7. The molecular formula is C19H22ClN3O7S. The first-order chi connectivity index (χ1) is 14.6. The first-order valence-corrected chi connectivity index (χ1v) is 11.0. The molecule has 0 aliphatic heterocycles. The van der Waals surface area contributed by atoms with Gasteiger partial charge in [-0.25, -0.2) is 8.42 Å². The number of amides is 1. The number of halogens is 1. The molecule has 0 bridgehead atoms. The number of carbonyl (C=O) groups is 1. The molecule has 2 aromatic rings. The van der Waals surface area contributed by atoms with E-state index in [0.717, 1.165) is 6.07 Å². The Balaban J connectivity index is 2.22. The molecule has 1 N–H and O–H groups in total. The lowest BCUT2D eigenvalue weighted by Gasteiger charge is -2.19. The summed E-state index contributed by atoms with van der Waals surface area (Å²) in [5.41, 5.74) is -0.264. The number of sulfonamides is 1. The highest BCUT2D eigenvalue weighted by Crippen LogP contribution is 2.31. The average Bonchev–Trinajstić information content (AvgIpc) is 2.73. The smallest absolute Gasteiger partial charge is 0.312 e. The van der Waals surface area contributed by atoms with E-state index in [9.17, 15) is 23.3 Å². The van der Waals surface area contributed by atoms with Crippen molar-refractivity contribution in [1.29, 1.82) is 0 Å². The van der Waals surface area contributed by atoms with Gasteiger partial charge in [-0.15, -0.1) is 0 Å². The van der Waals surface area contributed by atoms with E-state index in [-0.39, 0.29) is 32.8 Å². The molecule has 10 nitrogen and oxygen atoms in total. The van der Waals surface area contributed by atoms with Crippen LogP contribution in [0.2, 0.25) is 5.02 Å². The number of nitrogens with one attached hydrogen (secondary N) is 1. The van der Waals surface area contributed by atoms with Crippen molar-refractivity contribution in [2.75, 3.05) is 32.1 Å². The summed E-state index contributed by atoms with van der Waals surface area (Å²) < 4.78 is 37.2. The summed E-state index contributed by atoms with van der Waals surface area (Å²) in [7, 11) is -2.38. The third kappa shape index (κ3) is 5.84. The second kappa shape index (κ2) is 10.4. The predicted molar refractivity (Wildman–Crippen MR) is 115 cm³/mol. The molecule has 0 spiro atoms. The van der Waals surface area contributed by atoms with Gasteiger partial charge in [0.2, 0.25) is 10.0 Å². The van der Waals surface area contributed by atoms with E-state index in [2.05, 4.69) is 5.32 Å². The molecule has 0 heterocycles. The summed E-state index contributed by atoms with van der Waals surface area (Å²) in [6.45, 7) is 3.47. The van der Waals surface area contributed by atoms with Crippen LogP contribution in [0.25, 0.3) is 0 Å². The van der Waals surface area contributed by atoms with Gasteiger partial charge in [0.1, 0.15) is 5.75 Å². The number of ether oxygens (including phenoxy) is 2. The van der Waals surface area contributed by atoms with E-state index in [1.165, 1.54) is 41.7 Å². The van der Waals surface area contributed by atoms with Crippen LogP contribution in [0, 0.1) is 10.1 Å². The summed E-state index contributed by atoms with van der Waals surface area (Å²) in [5, 5.41) is 13.8. The second-order valence-electron chi connectivity index (χ2n) is 6.16. The number of hydrogen-bond acceptors (Lipinski definition) is 7. The minimum Gasteiger partial charge on any atom is -0.495 e. The number of nitro groups is 1. The lowest BCUT2D eigenvalue weighted by Crippen LogP contribution is -2.30. The van der Waals surface area contributed by atoms with Gasteiger partial charge in [-0.1, -0.05) is 25.4 Å². The van der Waals surface area contributed by atoms with Gasteiger partial charge < -0.3 is 14.8 Å². The minimum absolute atomic E-state index is 0.0124. The van der Waals surface area contributed by atoms with Crippen molar-refractivity contribution in [3.05, 3.63) is 51.5 Å². The molecule has 2 aromatic carbocycles. The number of rotatable bonds is 10. The van der Waals surface area contributed by atoms with E-state index >= 15 is 0 Å². The van der Waals surface area contributed by atoms with Crippen LogP contribution in [-0.2, 0) is 14.8 Å². The normalized spacial score (nSPS) is 11.3. The quantitative estimate of drug-likeness (QED) is 0.415. The van der Waals surface area contributed by atoms with Crippen LogP contribution in [0.3, 0.4) is 0 Å². The van der Waals surface area contributed by atoms with Gasteiger partial charge in [0.05, 0.1) is 22.6 Å². The lowest BCUT2D eigenvalue weighted by atomic mass is 10.3. The summed E-state index contributed by atoms with van der Waals surface area (Å²) in [5.74, 6) is -0.557. The highest BCUT2D eigenvalue weighted by atomic mass is 35.5. The number of nitro benzene ring substituents is 1. The Morgan fingerprint density at radius 2 is 1.81 bits per heavy atom. The molecule has 0 saturated heterocycles. The number of nitrogens with zero attached hydrogens (tertiary/aromatic N) is 2. The maximum atomic E-state index is 12.7. The van der Waals surface area contributed by atoms with Crippen molar-refractivity contribution in [2.24, 2.45) is 0 Å². The number of anilines is 1. The number of hydrogen-bond donors (Lipinski definition) is 1. The third-order valence-corrected chi connectivity index (χ3v) is 6.55. The summed E-state index contributed by atoms with van der Waals surface area (Å²) in [6, 6.07) is 7.89. The minimum atomic E-state index is -3.75. The van der Waals surface area contributed by atoms with Crippen molar-refractivity contribution in [3.8, 4) is 11.5 Å². The van der Waals surface area contributed by atoms with Gasteiger partial charge in [0, 0.05) is 24.2 Å². The van der Waals surface area contributed by atoms with Crippen molar-refractivity contribution in [3.63, 3.8) is 0 Å². The van der Waals surface area contributed by atoms with Crippen LogP contribution in [-0.4, -0.2) is 50.4 Å². The Morgan fingerprint density at radius 1 is 1.16 bits per heavy atom. The van der Waals surface area contributed by atoms with Crippen LogP contribution in [0.5, 0.6) is 11.5 Å². The fourth-order valence-electron chi connectivity index (χ4n) is 2.74. The lowest BCUT2D eigenvalue weighted by molar-refractivity contribution is -0.385. The molecule has 168 valence electrons. The Kier molecular flexibility index (Phi) is 8.20. The van der Waals surface area contributed by atoms with Crippen molar-refractivity contribution >= 4 is 38.9 Å². The molecule has 0 aliphatic rings. The van der Waals surface area contributed by atoms with Gasteiger partial charge in [0.15, 0.2) is 12.4 Å².